The highest BCUT2D eigenvalue weighted by Crippen LogP contribution is 2.27. The Kier molecular flexibility index (Phi) is 2.96. The fourth-order valence-corrected chi connectivity index (χ4v) is 2.45. The van der Waals surface area contributed by atoms with Crippen LogP contribution in [-0.4, -0.2) is 33.7 Å². The number of phenols is 1. The molecule has 2 rings (SSSR count). The molecule has 1 atom stereocenters. The van der Waals surface area contributed by atoms with E-state index in [1.165, 1.54) is 0 Å². The Hall–Kier alpha value is -0.710. The molecule has 1 aliphatic heterocycles. The van der Waals surface area contributed by atoms with Crippen LogP contribution >= 0.6 is 11.9 Å². The summed E-state index contributed by atoms with van der Waals surface area (Å²) in [5, 5.41) is 18.4. The lowest BCUT2D eigenvalue weighted by Crippen LogP contribution is -2.13. The number of hydrogen-bond donors (Lipinski definition) is 2. The van der Waals surface area contributed by atoms with Gasteiger partial charge in [0, 0.05) is 18.0 Å². The Balaban J connectivity index is 1.94. The predicted octanol–water partition coefficient (Wildman–Crippen LogP) is 1.47. The molecule has 1 unspecified atom stereocenters. The standard InChI is InChI=1S/C10H13NO2S/c12-8-1-3-10(4-2-8)14-11-6-5-9(13)7-11/h1-4,9,12-13H,5-7H2. The van der Waals surface area contributed by atoms with Crippen molar-refractivity contribution in [3.63, 3.8) is 0 Å². The molecule has 1 heterocycles. The molecule has 1 aromatic rings. The third-order valence-corrected chi connectivity index (χ3v) is 3.27. The molecule has 1 saturated heterocycles. The van der Waals surface area contributed by atoms with E-state index in [0.717, 1.165) is 24.4 Å². The molecule has 4 heteroatoms. The summed E-state index contributed by atoms with van der Waals surface area (Å²) >= 11 is 1.63. The number of aliphatic hydroxyl groups is 1. The van der Waals surface area contributed by atoms with E-state index in [9.17, 15) is 5.11 Å². The van der Waals surface area contributed by atoms with E-state index in [1.807, 2.05) is 12.1 Å². The lowest BCUT2D eigenvalue weighted by atomic mass is 10.3. The number of rotatable bonds is 2. The topological polar surface area (TPSA) is 43.7 Å². The number of aromatic hydroxyl groups is 1. The largest absolute Gasteiger partial charge is 0.508 e. The van der Waals surface area contributed by atoms with E-state index in [2.05, 4.69) is 4.31 Å². The normalized spacial score (nSPS) is 22.8. The molecule has 0 amide bonds. The van der Waals surface area contributed by atoms with Gasteiger partial charge in [0.2, 0.25) is 0 Å². The molecule has 0 radical (unpaired) electrons. The van der Waals surface area contributed by atoms with E-state index in [-0.39, 0.29) is 11.9 Å². The van der Waals surface area contributed by atoms with Crippen LogP contribution in [0.5, 0.6) is 5.75 Å². The van der Waals surface area contributed by atoms with Crippen molar-refractivity contribution in [2.75, 3.05) is 13.1 Å². The maximum absolute atomic E-state index is 9.33. The van der Waals surface area contributed by atoms with Crippen LogP contribution in [0.1, 0.15) is 6.42 Å². The van der Waals surface area contributed by atoms with Gasteiger partial charge in [0.25, 0.3) is 0 Å². The number of β-amino-alcohol motifs (C(OH)–C–C–N with tert-alkyl or cyclic N) is 1. The first-order valence-electron chi connectivity index (χ1n) is 4.64. The number of phenolic OH excluding ortho intramolecular Hbond substituents is 1. The van der Waals surface area contributed by atoms with Crippen molar-refractivity contribution in [3.05, 3.63) is 24.3 Å². The smallest absolute Gasteiger partial charge is 0.115 e. The van der Waals surface area contributed by atoms with Crippen LogP contribution in [0.2, 0.25) is 0 Å². The van der Waals surface area contributed by atoms with E-state index in [4.69, 9.17) is 5.11 Å². The van der Waals surface area contributed by atoms with Crippen molar-refractivity contribution in [2.24, 2.45) is 0 Å². The number of hydrogen-bond acceptors (Lipinski definition) is 4. The first-order valence-corrected chi connectivity index (χ1v) is 5.41. The van der Waals surface area contributed by atoms with E-state index in [1.54, 1.807) is 24.1 Å². The molecule has 0 bridgehead atoms. The molecular weight excluding hydrogens is 198 g/mol. The van der Waals surface area contributed by atoms with Crippen LogP contribution in [0, 0.1) is 0 Å². The number of aliphatic hydroxyl groups excluding tert-OH is 1. The molecule has 2 N–H and O–H groups in total. The zero-order valence-corrected chi connectivity index (χ0v) is 8.57. The van der Waals surface area contributed by atoms with Gasteiger partial charge in [-0.15, -0.1) is 0 Å². The molecule has 14 heavy (non-hydrogen) atoms. The van der Waals surface area contributed by atoms with Crippen LogP contribution in [0.15, 0.2) is 29.2 Å². The summed E-state index contributed by atoms with van der Waals surface area (Å²) in [6, 6.07) is 7.11. The molecule has 1 fully saturated rings. The van der Waals surface area contributed by atoms with Crippen LogP contribution in [0.3, 0.4) is 0 Å². The summed E-state index contributed by atoms with van der Waals surface area (Å²) < 4.78 is 2.14. The van der Waals surface area contributed by atoms with Crippen molar-refractivity contribution in [3.8, 4) is 5.75 Å². The van der Waals surface area contributed by atoms with Gasteiger partial charge in [-0.25, -0.2) is 4.31 Å². The highest BCUT2D eigenvalue weighted by molar-refractivity contribution is 7.97. The molecule has 0 saturated carbocycles. The fraction of sp³-hybridized carbons (Fsp3) is 0.400. The Bertz CT molecular complexity index is 301. The van der Waals surface area contributed by atoms with Gasteiger partial charge >= 0.3 is 0 Å². The van der Waals surface area contributed by atoms with Crippen molar-refractivity contribution < 1.29 is 10.2 Å². The maximum atomic E-state index is 9.33. The third-order valence-electron chi connectivity index (χ3n) is 2.20. The molecule has 1 aliphatic rings. The van der Waals surface area contributed by atoms with E-state index in [0.29, 0.717) is 0 Å². The number of nitrogens with zero attached hydrogens (tertiary/aromatic N) is 1. The molecule has 0 spiro atoms. The second-order valence-corrected chi connectivity index (χ2v) is 4.59. The Morgan fingerprint density at radius 3 is 2.57 bits per heavy atom. The monoisotopic (exact) mass is 211 g/mol. The molecule has 0 aromatic heterocycles. The van der Waals surface area contributed by atoms with Crippen molar-refractivity contribution in [1.82, 2.24) is 4.31 Å². The molecule has 1 aromatic carbocycles. The SMILES string of the molecule is Oc1ccc(SN2CCC(O)C2)cc1. The summed E-state index contributed by atoms with van der Waals surface area (Å²) in [7, 11) is 0. The Labute approximate surface area is 87.5 Å². The van der Waals surface area contributed by atoms with E-state index < -0.39 is 0 Å². The first kappa shape index (κ1) is 9.83. The van der Waals surface area contributed by atoms with Gasteiger partial charge in [-0.2, -0.15) is 0 Å². The second kappa shape index (κ2) is 4.21. The molecule has 0 aliphatic carbocycles. The lowest BCUT2D eigenvalue weighted by molar-refractivity contribution is 0.190. The molecule has 3 nitrogen and oxygen atoms in total. The van der Waals surface area contributed by atoms with Gasteiger partial charge in [0.1, 0.15) is 5.75 Å². The Morgan fingerprint density at radius 1 is 1.29 bits per heavy atom. The minimum absolute atomic E-state index is 0.181. The third kappa shape index (κ3) is 2.41. The summed E-state index contributed by atoms with van der Waals surface area (Å²) in [5.74, 6) is 0.288. The van der Waals surface area contributed by atoms with Gasteiger partial charge in [-0.05, 0) is 42.6 Å². The van der Waals surface area contributed by atoms with Crippen molar-refractivity contribution in [2.45, 2.75) is 17.4 Å². The van der Waals surface area contributed by atoms with Crippen molar-refractivity contribution in [1.29, 1.82) is 0 Å². The summed E-state index contributed by atoms with van der Waals surface area (Å²) in [6.45, 7) is 1.65. The lowest BCUT2D eigenvalue weighted by Gasteiger charge is -2.13. The predicted molar refractivity (Wildman–Crippen MR) is 56.2 cm³/mol. The quantitative estimate of drug-likeness (QED) is 0.727. The van der Waals surface area contributed by atoms with Gasteiger partial charge in [0.05, 0.1) is 6.10 Å². The highest BCUT2D eigenvalue weighted by atomic mass is 32.2. The summed E-state index contributed by atoms with van der Waals surface area (Å²) in [5.41, 5.74) is 0. The number of benzene rings is 1. The van der Waals surface area contributed by atoms with Gasteiger partial charge in [-0.3, -0.25) is 0 Å². The Morgan fingerprint density at radius 2 is 2.00 bits per heavy atom. The summed E-state index contributed by atoms with van der Waals surface area (Å²) in [4.78, 5) is 1.09. The maximum Gasteiger partial charge on any atom is 0.115 e. The average Bonchev–Trinajstić information content (AvgIpc) is 2.56. The summed E-state index contributed by atoms with van der Waals surface area (Å²) in [6.07, 6.45) is 0.671. The molecular formula is C10H13NO2S. The van der Waals surface area contributed by atoms with E-state index >= 15 is 0 Å². The van der Waals surface area contributed by atoms with Crippen molar-refractivity contribution >= 4 is 11.9 Å². The zero-order chi connectivity index (χ0) is 9.97. The van der Waals surface area contributed by atoms with Gasteiger partial charge in [-0.1, -0.05) is 0 Å². The first-order chi connectivity index (χ1) is 6.74. The zero-order valence-electron chi connectivity index (χ0n) is 7.76. The highest BCUT2D eigenvalue weighted by Gasteiger charge is 2.20. The van der Waals surface area contributed by atoms with Gasteiger partial charge in [0.15, 0.2) is 0 Å². The minimum atomic E-state index is -0.181. The molecule has 76 valence electrons. The average molecular weight is 211 g/mol. The van der Waals surface area contributed by atoms with Crippen LogP contribution in [-0.2, 0) is 0 Å². The minimum Gasteiger partial charge on any atom is -0.508 e. The second-order valence-electron chi connectivity index (χ2n) is 3.42. The van der Waals surface area contributed by atoms with Crippen LogP contribution in [0.4, 0.5) is 0 Å². The van der Waals surface area contributed by atoms with Gasteiger partial charge < -0.3 is 10.2 Å². The van der Waals surface area contributed by atoms with Crippen LogP contribution < -0.4 is 0 Å². The fourth-order valence-electron chi connectivity index (χ4n) is 1.45. The van der Waals surface area contributed by atoms with Crippen LogP contribution in [0.25, 0.3) is 0 Å².